The monoisotopic (exact) mass is 434 g/mol. The van der Waals surface area contributed by atoms with Gasteiger partial charge in [0.05, 0.1) is 37.6 Å². The van der Waals surface area contributed by atoms with Gasteiger partial charge in [-0.15, -0.1) is 0 Å². The van der Waals surface area contributed by atoms with Gasteiger partial charge in [-0.1, -0.05) is 0 Å². The molecule has 4 N–H and O–H groups in total. The summed E-state index contributed by atoms with van der Waals surface area (Å²) in [5.74, 6) is -1.39. The molecule has 0 aliphatic carbocycles. The largest absolute Gasteiger partial charge is 0.471 e. The van der Waals surface area contributed by atoms with Gasteiger partial charge in [-0.25, -0.2) is 4.79 Å². The highest BCUT2D eigenvalue weighted by atomic mass is 16.8. The van der Waals surface area contributed by atoms with Crippen molar-refractivity contribution in [1.29, 1.82) is 0 Å². The highest BCUT2D eigenvalue weighted by Gasteiger charge is 2.51. The molecule has 11 heteroatoms. The van der Waals surface area contributed by atoms with Gasteiger partial charge < -0.3 is 48.8 Å². The summed E-state index contributed by atoms with van der Waals surface area (Å²) in [5, 5.41) is 39.6. The molecule has 0 radical (unpaired) electrons. The number of carbonyl (C=O) groups excluding carboxylic acids is 1. The van der Waals surface area contributed by atoms with E-state index < -0.39 is 67.9 Å². The molecule has 30 heavy (non-hydrogen) atoms. The van der Waals surface area contributed by atoms with Crippen LogP contribution < -0.4 is 0 Å². The third kappa shape index (κ3) is 4.48. The maximum Gasteiger partial charge on any atom is 0.337 e. The van der Waals surface area contributed by atoms with E-state index in [4.69, 9.17) is 28.4 Å². The quantitative estimate of drug-likeness (QED) is 0.366. The fraction of sp³-hybridized carbons (Fsp3) is 0.842. The summed E-state index contributed by atoms with van der Waals surface area (Å²) >= 11 is 0. The Bertz CT molecular complexity index is 624. The van der Waals surface area contributed by atoms with Gasteiger partial charge in [0, 0.05) is 18.9 Å². The van der Waals surface area contributed by atoms with Crippen molar-refractivity contribution in [1.82, 2.24) is 0 Å². The molecule has 2 fully saturated rings. The second kappa shape index (κ2) is 9.88. The minimum Gasteiger partial charge on any atom is -0.471 e. The van der Waals surface area contributed by atoms with Crippen LogP contribution >= 0.6 is 0 Å². The molecule has 3 aliphatic heterocycles. The molecule has 0 amide bonds. The van der Waals surface area contributed by atoms with Crippen molar-refractivity contribution in [3.63, 3.8) is 0 Å². The number of hydrogen-bond donors (Lipinski definition) is 4. The van der Waals surface area contributed by atoms with Crippen LogP contribution in [0.4, 0.5) is 0 Å². The number of rotatable bonds is 6. The van der Waals surface area contributed by atoms with Crippen LogP contribution in [0.15, 0.2) is 11.8 Å². The summed E-state index contributed by atoms with van der Waals surface area (Å²) in [6.45, 7) is 3.49. The zero-order valence-corrected chi connectivity index (χ0v) is 17.1. The minimum absolute atomic E-state index is 0.316. The molecule has 3 rings (SSSR count). The number of carbonyl (C=O) groups is 1. The lowest BCUT2D eigenvalue weighted by Gasteiger charge is -2.47. The van der Waals surface area contributed by atoms with Crippen LogP contribution in [0.2, 0.25) is 0 Å². The number of hydrogen-bond acceptors (Lipinski definition) is 11. The van der Waals surface area contributed by atoms with Crippen molar-refractivity contribution in [2.75, 3.05) is 20.3 Å². The van der Waals surface area contributed by atoms with E-state index in [1.807, 2.05) is 6.92 Å². The van der Waals surface area contributed by atoms with E-state index in [9.17, 15) is 25.2 Å². The van der Waals surface area contributed by atoms with Gasteiger partial charge in [0.2, 0.25) is 6.29 Å². The van der Waals surface area contributed by atoms with Gasteiger partial charge >= 0.3 is 5.97 Å². The first-order chi connectivity index (χ1) is 14.3. The summed E-state index contributed by atoms with van der Waals surface area (Å²) in [4.78, 5) is 12.3. The zero-order valence-electron chi connectivity index (χ0n) is 17.1. The second-order valence-corrected chi connectivity index (χ2v) is 7.55. The molecule has 10 atom stereocenters. The van der Waals surface area contributed by atoms with Crippen molar-refractivity contribution in [3.8, 4) is 0 Å². The van der Waals surface area contributed by atoms with Crippen LogP contribution in [0.1, 0.15) is 20.3 Å². The van der Waals surface area contributed by atoms with E-state index in [1.54, 1.807) is 6.92 Å². The average molecular weight is 434 g/mol. The topological polar surface area (TPSA) is 153 Å². The minimum atomic E-state index is -1.58. The molecule has 0 saturated carbocycles. The first-order valence-corrected chi connectivity index (χ1v) is 9.99. The fourth-order valence-electron chi connectivity index (χ4n) is 4.19. The first-order valence-electron chi connectivity index (χ1n) is 9.99. The molecular weight excluding hydrogens is 404 g/mol. The summed E-state index contributed by atoms with van der Waals surface area (Å²) in [7, 11) is 1.28. The second-order valence-electron chi connectivity index (χ2n) is 7.55. The maximum atomic E-state index is 12.3. The predicted octanol–water partition coefficient (Wildman–Crippen LogP) is -1.38. The van der Waals surface area contributed by atoms with Crippen molar-refractivity contribution >= 4 is 5.97 Å². The Morgan fingerprint density at radius 1 is 1.17 bits per heavy atom. The van der Waals surface area contributed by atoms with Crippen LogP contribution in [0, 0.1) is 11.8 Å². The average Bonchev–Trinajstić information content (AvgIpc) is 2.73. The first kappa shape index (κ1) is 23.4. The van der Waals surface area contributed by atoms with Crippen LogP contribution in [-0.2, 0) is 33.2 Å². The molecule has 5 unspecified atom stereocenters. The van der Waals surface area contributed by atoms with E-state index in [1.165, 1.54) is 13.4 Å². The van der Waals surface area contributed by atoms with Crippen molar-refractivity contribution in [3.05, 3.63) is 11.8 Å². The molecule has 0 bridgehead atoms. The van der Waals surface area contributed by atoms with Gasteiger partial charge in [-0.3, -0.25) is 0 Å². The van der Waals surface area contributed by atoms with Gasteiger partial charge in [-0.05, 0) is 13.8 Å². The number of methoxy groups -OCH3 is 1. The van der Waals surface area contributed by atoms with E-state index in [0.717, 1.165) is 0 Å². The molecule has 11 nitrogen and oxygen atoms in total. The fourth-order valence-corrected chi connectivity index (χ4v) is 4.19. The van der Waals surface area contributed by atoms with Gasteiger partial charge in [0.15, 0.2) is 12.6 Å². The van der Waals surface area contributed by atoms with Crippen molar-refractivity contribution in [2.45, 2.75) is 69.7 Å². The molecule has 3 heterocycles. The lowest BCUT2D eigenvalue weighted by molar-refractivity contribution is -0.353. The van der Waals surface area contributed by atoms with Crippen molar-refractivity contribution < 1.29 is 53.6 Å². The molecule has 172 valence electrons. The smallest absolute Gasteiger partial charge is 0.337 e. The number of aliphatic hydroxyl groups excluding tert-OH is 4. The Hall–Kier alpha value is -1.31. The lowest BCUT2D eigenvalue weighted by atomic mass is 9.77. The Morgan fingerprint density at radius 2 is 1.90 bits per heavy atom. The molecule has 3 aliphatic rings. The molecule has 0 aromatic carbocycles. The normalized spacial score (nSPS) is 43.9. The summed E-state index contributed by atoms with van der Waals surface area (Å²) < 4.78 is 33.2. The number of ether oxygens (including phenoxy) is 6. The number of esters is 1. The van der Waals surface area contributed by atoms with Gasteiger partial charge in [0.25, 0.3) is 0 Å². The number of fused-ring (bicyclic) bond motifs is 1. The van der Waals surface area contributed by atoms with Gasteiger partial charge in [-0.2, -0.15) is 0 Å². The van der Waals surface area contributed by atoms with E-state index in [0.29, 0.717) is 18.6 Å². The van der Waals surface area contributed by atoms with E-state index in [2.05, 4.69) is 0 Å². The molecule has 0 aromatic rings. The summed E-state index contributed by atoms with van der Waals surface area (Å²) in [6.07, 6.45) is -7.51. The highest BCUT2D eigenvalue weighted by molar-refractivity contribution is 5.88. The van der Waals surface area contributed by atoms with Crippen LogP contribution in [0.25, 0.3) is 0 Å². The predicted molar refractivity (Wildman–Crippen MR) is 97.4 cm³/mol. The summed E-state index contributed by atoms with van der Waals surface area (Å²) in [5.41, 5.74) is 0.316. The summed E-state index contributed by atoms with van der Waals surface area (Å²) in [6, 6.07) is 0. The van der Waals surface area contributed by atoms with Crippen molar-refractivity contribution in [2.24, 2.45) is 11.8 Å². The Balaban J connectivity index is 1.82. The Labute approximate surface area is 174 Å². The lowest BCUT2D eigenvalue weighted by Crippen LogP contribution is -2.61. The zero-order chi connectivity index (χ0) is 22.0. The molecular formula is C19H30O11. The van der Waals surface area contributed by atoms with Crippen LogP contribution in [0.5, 0.6) is 0 Å². The van der Waals surface area contributed by atoms with Crippen LogP contribution in [-0.4, -0.2) is 96.1 Å². The Morgan fingerprint density at radius 3 is 2.53 bits per heavy atom. The maximum absolute atomic E-state index is 12.3. The van der Waals surface area contributed by atoms with Crippen LogP contribution in [0.3, 0.4) is 0 Å². The molecule has 0 aromatic heterocycles. The number of aliphatic hydroxyl groups is 4. The molecule has 2 saturated heterocycles. The standard InChI is InChI=1S/C19H30O11/c1-4-26-12-5-9-10(17(24)25-3)7-27-18(13(9)8(2)28-12)30-19-16(23)15(22)14(21)11(6-20)29-19/h7-9,11-16,18-23H,4-6H2,1-3H3/t8?,9?,11-,12?,13?,14-,15+,16-,18?,19+/m1/s1. The Kier molecular flexibility index (Phi) is 7.69. The van der Waals surface area contributed by atoms with E-state index >= 15 is 0 Å². The highest BCUT2D eigenvalue weighted by Crippen LogP contribution is 2.43. The molecule has 0 spiro atoms. The third-order valence-corrected chi connectivity index (χ3v) is 5.75. The SMILES string of the molecule is CCOC1CC2C(C(=O)OC)=COC(O[C@@H]3O[C@H](CO)[C@@H](O)[C@H](O)[C@H]3O)C2C(C)O1. The third-order valence-electron chi connectivity index (χ3n) is 5.75. The van der Waals surface area contributed by atoms with Gasteiger partial charge in [0.1, 0.15) is 24.4 Å². The van der Waals surface area contributed by atoms with E-state index in [-0.39, 0.29) is 5.92 Å².